The van der Waals surface area contributed by atoms with Crippen LogP contribution in [0.5, 0.6) is 0 Å². The summed E-state index contributed by atoms with van der Waals surface area (Å²) in [6.07, 6.45) is 0.581. The highest BCUT2D eigenvalue weighted by molar-refractivity contribution is 9.10. The lowest BCUT2D eigenvalue weighted by molar-refractivity contribution is 0.601. The van der Waals surface area contributed by atoms with Gasteiger partial charge < -0.3 is 0 Å². The summed E-state index contributed by atoms with van der Waals surface area (Å²) in [5.41, 5.74) is 0.828. The highest BCUT2D eigenvalue weighted by atomic mass is 79.9. The van der Waals surface area contributed by atoms with Gasteiger partial charge in [0.2, 0.25) is 0 Å². The van der Waals surface area contributed by atoms with Crippen LogP contribution in [-0.2, 0) is 9.84 Å². The third kappa shape index (κ3) is 2.86. The molecule has 4 nitrogen and oxygen atoms in total. The Morgan fingerprint density at radius 2 is 2.06 bits per heavy atom. The fourth-order valence-electron chi connectivity index (χ4n) is 2.02. The molecule has 1 saturated heterocycles. The summed E-state index contributed by atoms with van der Waals surface area (Å²) in [6.45, 7) is 4.02. The lowest BCUT2D eigenvalue weighted by atomic mass is 10.1. The molecule has 1 aromatic rings. The first-order valence-electron chi connectivity index (χ1n) is 5.73. The van der Waals surface area contributed by atoms with Gasteiger partial charge in [0.25, 0.3) is 0 Å². The van der Waals surface area contributed by atoms with E-state index in [2.05, 4.69) is 25.9 Å². The summed E-state index contributed by atoms with van der Waals surface area (Å²) < 4.78 is 23.7. The Labute approximate surface area is 120 Å². The molecule has 1 aliphatic rings. The van der Waals surface area contributed by atoms with Gasteiger partial charge in [-0.3, -0.25) is 0 Å². The van der Waals surface area contributed by atoms with E-state index in [9.17, 15) is 8.42 Å². The minimum Gasteiger partial charge on any atom is -0.236 e. The molecule has 1 aliphatic heterocycles. The normalized spacial score (nSPS) is 22.6. The van der Waals surface area contributed by atoms with Crippen molar-refractivity contribution in [3.8, 4) is 0 Å². The standard InChI is InChI=1S/C11H14BrClN2O2S/c1-6(2)9-8(12)10(13)15-11(14-9)7-3-4-18(16,17)5-7/h6-7H,3-5H2,1-2H3. The van der Waals surface area contributed by atoms with Crippen molar-refractivity contribution in [1.82, 2.24) is 9.97 Å². The fourth-order valence-corrected chi connectivity index (χ4v) is 4.57. The van der Waals surface area contributed by atoms with Crippen LogP contribution < -0.4 is 0 Å². The Hall–Kier alpha value is -0.200. The maximum Gasteiger partial charge on any atom is 0.151 e. The molecule has 0 aliphatic carbocycles. The van der Waals surface area contributed by atoms with Crippen LogP contribution >= 0.6 is 27.5 Å². The Morgan fingerprint density at radius 3 is 2.56 bits per heavy atom. The topological polar surface area (TPSA) is 59.9 Å². The van der Waals surface area contributed by atoms with E-state index in [-0.39, 0.29) is 23.3 Å². The average Bonchev–Trinajstić information content (AvgIpc) is 2.62. The molecule has 0 N–H and O–H groups in total. The van der Waals surface area contributed by atoms with Crippen LogP contribution in [0.1, 0.15) is 43.6 Å². The SMILES string of the molecule is CC(C)c1nc(C2CCS(=O)(=O)C2)nc(Cl)c1Br. The predicted octanol–water partition coefficient (Wildman–Crippen LogP) is 2.92. The number of hydrogen-bond donors (Lipinski definition) is 0. The summed E-state index contributed by atoms with van der Waals surface area (Å²) in [7, 11) is -2.93. The van der Waals surface area contributed by atoms with Gasteiger partial charge in [-0.2, -0.15) is 0 Å². The van der Waals surface area contributed by atoms with E-state index < -0.39 is 9.84 Å². The van der Waals surface area contributed by atoms with Gasteiger partial charge >= 0.3 is 0 Å². The molecule has 0 amide bonds. The number of rotatable bonds is 2. The highest BCUT2D eigenvalue weighted by Crippen LogP contribution is 2.33. The molecular weight excluding hydrogens is 340 g/mol. The zero-order valence-electron chi connectivity index (χ0n) is 10.2. The first-order valence-corrected chi connectivity index (χ1v) is 8.72. The summed E-state index contributed by atoms with van der Waals surface area (Å²) in [4.78, 5) is 8.68. The number of aromatic nitrogens is 2. The van der Waals surface area contributed by atoms with E-state index in [1.54, 1.807) is 0 Å². The summed E-state index contributed by atoms with van der Waals surface area (Å²) in [5.74, 6) is 0.969. The second-order valence-corrected chi connectivity index (χ2v) is 8.21. The van der Waals surface area contributed by atoms with Crippen LogP contribution in [0.25, 0.3) is 0 Å². The van der Waals surface area contributed by atoms with E-state index in [0.29, 0.717) is 21.9 Å². The first-order chi connectivity index (χ1) is 8.30. The number of sulfone groups is 1. The third-order valence-corrected chi connectivity index (χ3v) is 6.05. The summed E-state index contributed by atoms with van der Waals surface area (Å²) in [5, 5.41) is 0.355. The van der Waals surface area contributed by atoms with E-state index >= 15 is 0 Å². The lowest BCUT2D eigenvalue weighted by Crippen LogP contribution is -2.10. The fraction of sp³-hybridized carbons (Fsp3) is 0.636. The van der Waals surface area contributed by atoms with Crippen LogP contribution in [-0.4, -0.2) is 29.9 Å². The van der Waals surface area contributed by atoms with Gasteiger partial charge in [-0.15, -0.1) is 0 Å². The molecule has 2 heterocycles. The van der Waals surface area contributed by atoms with Crippen molar-refractivity contribution >= 4 is 37.4 Å². The van der Waals surface area contributed by atoms with Gasteiger partial charge in [0.1, 0.15) is 11.0 Å². The van der Waals surface area contributed by atoms with Gasteiger partial charge in [-0.05, 0) is 28.3 Å². The van der Waals surface area contributed by atoms with Crippen molar-refractivity contribution in [2.45, 2.75) is 32.1 Å². The van der Waals surface area contributed by atoms with Gasteiger partial charge in [-0.1, -0.05) is 25.4 Å². The molecule has 2 rings (SSSR count). The van der Waals surface area contributed by atoms with Crippen LogP contribution in [0.3, 0.4) is 0 Å². The van der Waals surface area contributed by atoms with E-state index in [0.717, 1.165) is 5.69 Å². The monoisotopic (exact) mass is 352 g/mol. The molecule has 0 radical (unpaired) electrons. The molecule has 1 fully saturated rings. The van der Waals surface area contributed by atoms with Crippen molar-refractivity contribution in [2.75, 3.05) is 11.5 Å². The minimum atomic E-state index is -2.93. The van der Waals surface area contributed by atoms with Crippen molar-refractivity contribution in [3.63, 3.8) is 0 Å². The number of hydrogen-bond acceptors (Lipinski definition) is 4. The summed E-state index contributed by atoms with van der Waals surface area (Å²) in [6, 6.07) is 0. The van der Waals surface area contributed by atoms with Gasteiger partial charge in [0, 0.05) is 5.92 Å². The van der Waals surface area contributed by atoms with Crippen LogP contribution in [0.15, 0.2) is 4.47 Å². The molecule has 0 saturated carbocycles. The third-order valence-electron chi connectivity index (χ3n) is 3.00. The van der Waals surface area contributed by atoms with Crippen LogP contribution in [0, 0.1) is 0 Å². The zero-order chi connectivity index (χ0) is 13.5. The Bertz CT molecular complexity index is 575. The summed E-state index contributed by atoms with van der Waals surface area (Å²) >= 11 is 9.44. The number of nitrogens with zero attached hydrogens (tertiary/aromatic N) is 2. The highest BCUT2D eigenvalue weighted by Gasteiger charge is 2.32. The largest absolute Gasteiger partial charge is 0.236 e. The number of halogens is 2. The van der Waals surface area contributed by atoms with E-state index in [1.807, 2.05) is 13.8 Å². The van der Waals surface area contributed by atoms with Crippen molar-refractivity contribution < 1.29 is 8.42 Å². The van der Waals surface area contributed by atoms with E-state index in [1.165, 1.54) is 0 Å². The molecule has 1 unspecified atom stereocenters. The molecule has 0 bridgehead atoms. The second-order valence-electron chi connectivity index (χ2n) is 4.83. The Kier molecular flexibility index (Phi) is 3.99. The maximum atomic E-state index is 11.5. The lowest BCUT2D eigenvalue weighted by Gasteiger charge is -2.13. The van der Waals surface area contributed by atoms with Gasteiger partial charge in [0.05, 0.1) is 21.7 Å². The smallest absolute Gasteiger partial charge is 0.151 e. The molecule has 0 aromatic carbocycles. The average molecular weight is 354 g/mol. The van der Waals surface area contributed by atoms with E-state index in [4.69, 9.17) is 11.6 Å². The second kappa shape index (κ2) is 5.06. The van der Waals surface area contributed by atoms with Crippen molar-refractivity contribution in [2.24, 2.45) is 0 Å². The Morgan fingerprint density at radius 1 is 1.39 bits per heavy atom. The molecule has 0 spiro atoms. The molecule has 1 atom stereocenters. The Balaban J connectivity index is 2.41. The van der Waals surface area contributed by atoms with Crippen LogP contribution in [0.4, 0.5) is 0 Å². The first kappa shape index (κ1) is 14.2. The van der Waals surface area contributed by atoms with Gasteiger partial charge in [-0.25, -0.2) is 18.4 Å². The minimum absolute atomic E-state index is 0.127. The van der Waals surface area contributed by atoms with Crippen LogP contribution in [0.2, 0.25) is 5.15 Å². The zero-order valence-corrected chi connectivity index (χ0v) is 13.3. The van der Waals surface area contributed by atoms with Gasteiger partial charge in [0.15, 0.2) is 9.84 Å². The molecule has 7 heteroatoms. The molecular formula is C11H14BrClN2O2S. The molecule has 1 aromatic heterocycles. The molecule has 100 valence electrons. The quantitative estimate of drug-likeness (QED) is 0.767. The van der Waals surface area contributed by atoms with Crippen molar-refractivity contribution in [3.05, 3.63) is 21.1 Å². The van der Waals surface area contributed by atoms with Crippen molar-refractivity contribution in [1.29, 1.82) is 0 Å². The predicted molar refractivity (Wildman–Crippen MR) is 74.8 cm³/mol. The molecule has 18 heavy (non-hydrogen) atoms. The maximum absolute atomic E-state index is 11.5.